The Morgan fingerprint density at radius 1 is 0.579 bits per heavy atom. The SMILES string of the molecule is c1ccc2c(c1)c1ccc3cc1c1c(cccc21)[se]3. The van der Waals surface area contributed by atoms with Crippen LogP contribution in [0.3, 0.4) is 0 Å². The van der Waals surface area contributed by atoms with Crippen LogP contribution < -0.4 is 0 Å². The molecule has 0 radical (unpaired) electrons. The first kappa shape index (κ1) is 10.0. The van der Waals surface area contributed by atoms with Crippen LogP contribution in [0.15, 0.2) is 60.7 Å². The molecule has 1 heteroatoms. The van der Waals surface area contributed by atoms with E-state index >= 15 is 0 Å². The van der Waals surface area contributed by atoms with Gasteiger partial charge >= 0.3 is 116 Å². The van der Waals surface area contributed by atoms with Gasteiger partial charge in [0.15, 0.2) is 0 Å². The summed E-state index contributed by atoms with van der Waals surface area (Å²) < 4.78 is 3.03. The van der Waals surface area contributed by atoms with Crippen LogP contribution in [-0.2, 0) is 0 Å². The van der Waals surface area contributed by atoms with E-state index in [1.165, 1.54) is 40.8 Å². The summed E-state index contributed by atoms with van der Waals surface area (Å²) in [5.41, 5.74) is 0. The normalized spacial score (nSPS) is 12.2. The second-order valence-corrected chi connectivity index (χ2v) is 7.37. The van der Waals surface area contributed by atoms with Crippen molar-refractivity contribution in [2.45, 2.75) is 0 Å². The third-order valence-corrected chi connectivity index (χ3v) is 6.22. The van der Waals surface area contributed by atoms with Crippen LogP contribution in [0, 0.1) is 0 Å². The summed E-state index contributed by atoms with van der Waals surface area (Å²) >= 11 is 0.461. The van der Waals surface area contributed by atoms with Crippen LogP contribution in [0.2, 0.25) is 0 Å². The number of benzene rings is 4. The third-order valence-electron chi connectivity index (χ3n) is 4.02. The van der Waals surface area contributed by atoms with Gasteiger partial charge in [0.05, 0.1) is 0 Å². The molecule has 0 aliphatic carbocycles. The number of hydrogen-bond donors (Lipinski definition) is 0. The fourth-order valence-electron chi connectivity index (χ4n) is 3.23. The van der Waals surface area contributed by atoms with Gasteiger partial charge in [0.1, 0.15) is 0 Å². The van der Waals surface area contributed by atoms with Gasteiger partial charge in [-0.25, -0.2) is 0 Å². The summed E-state index contributed by atoms with van der Waals surface area (Å²) in [6.07, 6.45) is 0. The van der Waals surface area contributed by atoms with Crippen LogP contribution in [0.4, 0.5) is 0 Å². The van der Waals surface area contributed by atoms with Crippen molar-refractivity contribution in [1.82, 2.24) is 0 Å². The number of rotatable bonds is 0. The average molecular weight is 305 g/mol. The molecule has 0 spiro atoms. The monoisotopic (exact) mass is 306 g/mol. The van der Waals surface area contributed by atoms with Gasteiger partial charge in [-0.15, -0.1) is 0 Å². The zero-order valence-electron chi connectivity index (χ0n) is 10.2. The molecule has 19 heavy (non-hydrogen) atoms. The van der Waals surface area contributed by atoms with Crippen molar-refractivity contribution in [1.29, 1.82) is 0 Å². The van der Waals surface area contributed by atoms with Crippen molar-refractivity contribution in [3.8, 4) is 0 Å². The summed E-state index contributed by atoms with van der Waals surface area (Å²) in [7, 11) is 0. The van der Waals surface area contributed by atoms with E-state index in [1.807, 2.05) is 0 Å². The predicted octanol–water partition coefficient (Wildman–Crippen LogP) is 4.79. The Morgan fingerprint density at radius 2 is 1.32 bits per heavy atom. The van der Waals surface area contributed by atoms with Crippen molar-refractivity contribution in [3.63, 3.8) is 0 Å². The van der Waals surface area contributed by atoms with Crippen molar-refractivity contribution >= 4 is 55.3 Å². The minimum absolute atomic E-state index is 0.461. The Kier molecular flexibility index (Phi) is 1.79. The number of hydrogen-bond acceptors (Lipinski definition) is 0. The van der Waals surface area contributed by atoms with Gasteiger partial charge < -0.3 is 0 Å². The summed E-state index contributed by atoms with van der Waals surface area (Å²) in [4.78, 5) is 0. The summed E-state index contributed by atoms with van der Waals surface area (Å²) in [5, 5.41) is 8.51. The molecule has 88 valence electrons. The number of fused-ring (bicyclic) bond motifs is 4. The Bertz CT molecular complexity index is 1030. The molecule has 0 fully saturated rings. The van der Waals surface area contributed by atoms with Gasteiger partial charge in [0.25, 0.3) is 0 Å². The first-order valence-electron chi connectivity index (χ1n) is 6.47. The zero-order valence-corrected chi connectivity index (χ0v) is 11.9. The van der Waals surface area contributed by atoms with Gasteiger partial charge in [-0.3, -0.25) is 0 Å². The molecule has 0 aliphatic heterocycles. The molecule has 0 unspecified atom stereocenters. The van der Waals surface area contributed by atoms with E-state index in [0.717, 1.165) is 0 Å². The van der Waals surface area contributed by atoms with E-state index in [4.69, 9.17) is 0 Å². The average Bonchev–Trinajstić information content (AvgIpc) is 2.47. The van der Waals surface area contributed by atoms with Crippen molar-refractivity contribution in [3.05, 3.63) is 60.7 Å². The van der Waals surface area contributed by atoms with Crippen LogP contribution in [-0.4, -0.2) is 14.5 Å². The van der Waals surface area contributed by atoms with E-state index in [0.29, 0.717) is 14.5 Å². The first-order valence-corrected chi connectivity index (χ1v) is 8.18. The summed E-state index contributed by atoms with van der Waals surface area (Å²) in [6.45, 7) is 0. The zero-order chi connectivity index (χ0) is 12.4. The van der Waals surface area contributed by atoms with Crippen molar-refractivity contribution in [2.75, 3.05) is 0 Å². The van der Waals surface area contributed by atoms with Crippen LogP contribution in [0.5, 0.6) is 0 Å². The summed E-state index contributed by atoms with van der Waals surface area (Å²) in [5.74, 6) is 0. The Labute approximate surface area is 116 Å². The maximum absolute atomic E-state index is 2.40. The topological polar surface area (TPSA) is 0 Å². The Balaban J connectivity index is 2.33. The molecule has 4 aromatic carbocycles. The van der Waals surface area contributed by atoms with Crippen LogP contribution in [0.1, 0.15) is 0 Å². The first-order chi connectivity index (χ1) is 9.42. The van der Waals surface area contributed by atoms with Gasteiger partial charge in [-0.05, 0) is 0 Å². The standard InChI is InChI=1S/C18H10Se/c1-2-5-13-12(4-1)14-9-8-11-10-16(14)18-15(13)6-3-7-17(18)19-11/h1-10H. The fraction of sp³-hybridized carbons (Fsp3) is 0. The fourth-order valence-corrected chi connectivity index (χ4v) is 5.40. The van der Waals surface area contributed by atoms with E-state index in [9.17, 15) is 0 Å². The molecule has 5 rings (SSSR count). The van der Waals surface area contributed by atoms with E-state index in [-0.39, 0.29) is 0 Å². The van der Waals surface area contributed by atoms with Crippen molar-refractivity contribution < 1.29 is 0 Å². The van der Waals surface area contributed by atoms with Gasteiger partial charge in [-0.1, -0.05) is 0 Å². The van der Waals surface area contributed by atoms with E-state index in [2.05, 4.69) is 60.7 Å². The quantitative estimate of drug-likeness (QED) is 0.219. The Morgan fingerprint density at radius 3 is 2.21 bits per heavy atom. The van der Waals surface area contributed by atoms with Gasteiger partial charge in [-0.2, -0.15) is 0 Å². The maximum atomic E-state index is 2.40. The molecule has 0 aliphatic rings. The van der Waals surface area contributed by atoms with Crippen LogP contribution >= 0.6 is 0 Å². The van der Waals surface area contributed by atoms with Gasteiger partial charge in [0.2, 0.25) is 0 Å². The van der Waals surface area contributed by atoms with E-state index in [1.54, 1.807) is 0 Å². The molecule has 5 aromatic rings. The minimum atomic E-state index is 0.461. The summed E-state index contributed by atoms with van der Waals surface area (Å²) in [6, 6.07) is 22.6. The molecule has 0 atom stereocenters. The molecule has 2 bridgehead atoms. The third kappa shape index (κ3) is 1.19. The second kappa shape index (κ2) is 3.39. The molecular weight excluding hydrogens is 295 g/mol. The molecule has 0 N–H and O–H groups in total. The Hall–Kier alpha value is -1.82. The molecule has 0 saturated carbocycles. The van der Waals surface area contributed by atoms with Crippen LogP contribution in [0.25, 0.3) is 40.8 Å². The predicted molar refractivity (Wildman–Crippen MR) is 84.6 cm³/mol. The molecular formula is C18H10Se. The second-order valence-electron chi connectivity index (χ2n) is 5.03. The molecule has 0 nitrogen and oxygen atoms in total. The molecule has 0 amide bonds. The van der Waals surface area contributed by atoms with Crippen molar-refractivity contribution in [2.24, 2.45) is 0 Å². The molecule has 1 aromatic heterocycles. The molecule has 0 saturated heterocycles. The van der Waals surface area contributed by atoms with E-state index < -0.39 is 0 Å². The molecule has 1 heterocycles. The van der Waals surface area contributed by atoms with Gasteiger partial charge in [0, 0.05) is 0 Å².